The van der Waals surface area contributed by atoms with Gasteiger partial charge in [-0.15, -0.1) is 0 Å². The van der Waals surface area contributed by atoms with Crippen LogP contribution in [0.25, 0.3) is 16.8 Å². The van der Waals surface area contributed by atoms with Gasteiger partial charge in [-0.1, -0.05) is 72.8 Å². The number of carbonyl (C=O) groups is 3. The minimum atomic E-state index is -0.835. The molecule has 0 aromatic heterocycles. The molecule has 8 nitrogen and oxygen atoms in total. The maximum absolute atomic E-state index is 13.6. The Morgan fingerprint density at radius 3 is 2.30 bits per heavy atom. The number of hydrogen-bond acceptors (Lipinski definition) is 6. The standard InChI is InChI=1S/C37H29BrN2O6/c1-2-44-33-21-25(20-32(38)34(33)46-23-27-13-8-12-26-11-6-7-14-30(26)27)19-31-35(41)39-37(43)40(36(31)42)28-15-17-29(18-16-28)45-22-24-9-4-3-5-10-24/h3-21H,2,22-23H2,1H3,(H,39,41,43)/b31-19+. The number of imide groups is 2. The number of ether oxygens (including phenoxy) is 3. The highest BCUT2D eigenvalue weighted by Crippen LogP contribution is 2.39. The molecule has 1 N–H and O–H groups in total. The highest BCUT2D eigenvalue weighted by molar-refractivity contribution is 9.10. The van der Waals surface area contributed by atoms with E-state index in [1.165, 1.54) is 6.08 Å². The number of carbonyl (C=O) groups excluding carboxylic acids is 3. The average Bonchev–Trinajstić information content (AvgIpc) is 3.06. The summed E-state index contributed by atoms with van der Waals surface area (Å²) in [6, 6.07) is 33.0. The van der Waals surface area contributed by atoms with E-state index >= 15 is 0 Å². The first-order valence-electron chi connectivity index (χ1n) is 14.7. The van der Waals surface area contributed by atoms with Crippen molar-refractivity contribution in [3.05, 3.63) is 136 Å². The average molecular weight is 678 g/mol. The predicted octanol–water partition coefficient (Wildman–Crippen LogP) is 7.83. The van der Waals surface area contributed by atoms with Crippen LogP contribution in [0.4, 0.5) is 10.5 Å². The maximum Gasteiger partial charge on any atom is 0.335 e. The van der Waals surface area contributed by atoms with E-state index in [0.717, 1.165) is 26.8 Å². The van der Waals surface area contributed by atoms with Gasteiger partial charge in [0.15, 0.2) is 11.5 Å². The molecular formula is C37H29BrN2O6. The van der Waals surface area contributed by atoms with E-state index in [1.54, 1.807) is 36.4 Å². The van der Waals surface area contributed by atoms with E-state index in [9.17, 15) is 14.4 Å². The number of nitrogens with zero attached hydrogens (tertiary/aromatic N) is 1. The molecule has 0 unspecified atom stereocenters. The highest BCUT2D eigenvalue weighted by Gasteiger charge is 2.37. The molecule has 9 heteroatoms. The number of fused-ring (bicyclic) bond motifs is 1. The Balaban J connectivity index is 1.23. The lowest BCUT2D eigenvalue weighted by atomic mass is 10.1. The molecule has 230 valence electrons. The Labute approximate surface area is 274 Å². The fraction of sp³-hybridized carbons (Fsp3) is 0.108. The summed E-state index contributed by atoms with van der Waals surface area (Å²) in [5.41, 5.74) is 2.62. The zero-order valence-corrected chi connectivity index (χ0v) is 26.5. The lowest BCUT2D eigenvalue weighted by Crippen LogP contribution is -2.54. The minimum absolute atomic E-state index is 0.206. The Kier molecular flexibility index (Phi) is 9.12. The van der Waals surface area contributed by atoms with Gasteiger partial charge in [0.05, 0.1) is 16.8 Å². The number of halogens is 1. The van der Waals surface area contributed by atoms with Crippen molar-refractivity contribution in [3.63, 3.8) is 0 Å². The molecule has 5 aromatic rings. The molecule has 5 aromatic carbocycles. The Bertz CT molecular complexity index is 1950. The second-order valence-electron chi connectivity index (χ2n) is 10.4. The van der Waals surface area contributed by atoms with Crippen LogP contribution in [0.15, 0.2) is 119 Å². The van der Waals surface area contributed by atoms with Gasteiger partial charge < -0.3 is 14.2 Å². The van der Waals surface area contributed by atoms with Crippen LogP contribution < -0.4 is 24.4 Å². The summed E-state index contributed by atoms with van der Waals surface area (Å²) in [6.45, 7) is 2.89. The number of amides is 4. The minimum Gasteiger partial charge on any atom is -0.490 e. The molecule has 0 spiro atoms. The predicted molar refractivity (Wildman–Crippen MR) is 180 cm³/mol. The van der Waals surface area contributed by atoms with E-state index < -0.39 is 17.8 Å². The number of nitrogens with one attached hydrogen (secondary N) is 1. The summed E-state index contributed by atoms with van der Waals surface area (Å²) in [6.07, 6.45) is 1.43. The van der Waals surface area contributed by atoms with E-state index in [0.29, 0.717) is 52.8 Å². The normalized spacial score (nSPS) is 14.0. The number of benzene rings is 5. The highest BCUT2D eigenvalue weighted by atomic mass is 79.9. The zero-order valence-electron chi connectivity index (χ0n) is 24.9. The van der Waals surface area contributed by atoms with E-state index in [-0.39, 0.29) is 5.57 Å². The molecule has 1 heterocycles. The largest absolute Gasteiger partial charge is 0.490 e. The maximum atomic E-state index is 13.6. The van der Waals surface area contributed by atoms with Gasteiger partial charge in [0.25, 0.3) is 11.8 Å². The van der Waals surface area contributed by atoms with Crippen LogP contribution in [0.2, 0.25) is 0 Å². The molecule has 1 saturated heterocycles. The molecule has 1 aliphatic rings. The van der Waals surface area contributed by atoms with Crippen LogP contribution in [0, 0.1) is 0 Å². The summed E-state index contributed by atoms with van der Waals surface area (Å²) in [7, 11) is 0. The molecule has 1 fully saturated rings. The first-order chi connectivity index (χ1) is 22.4. The van der Waals surface area contributed by atoms with Crippen LogP contribution in [-0.4, -0.2) is 24.5 Å². The second-order valence-corrected chi connectivity index (χ2v) is 11.3. The zero-order chi connectivity index (χ0) is 32.0. The van der Waals surface area contributed by atoms with Crippen LogP contribution in [0.3, 0.4) is 0 Å². The van der Waals surface area contributed by atoms with Gasteiger partial charge >= 0.3 is 6.03 Å². The summed E-state index contributed by atoms with van der Waals surface area (Å²) < 4.78 is 18.5. The van der Waals surface area contributed by atoms with Crippen molar-refractivity contribution < 1.29 is 28.6 Å². The second kappa shape index (κ2) is 13.7. The number of rotatable bonds is 10. The first-order valence-corrected chi connectivity index (χ1v) is 15.4. The molecular weight excluding hydrogens is 648 g/mol. The third kappa shape index (κ3) is 6.64. The molecule has 46 heavy (non-hydrogen) atoms. The van der Waals surface area contributed by atoms with Crippen LogP contribution in [0.1, 0.15) is 23.6 Å². The molecule has 0 saturated carbocycles. The van der Waals surface area contributed by atoms with E-state index in [1.807, 2.05) is 61.5 Å². The Hall–Kier alpha value is -5.41. The molecule has 6 rings (SSSR count). The van der Waals surface area contributed by atoms with Gasteiger partial charge in [0, 0.05) is 0 Å². The molecule has 0 radical (unpaired) electrons. The van der Waals surface area contributed by atoms with Crippen LogP contribution in [0.5, 0.6) is 17.2 Å². The van der Waals surface area contributed by atoms with Gasteiger partial charge in [-0.05, 0) is 92.8 Å². The summed E-state index contributed by atoms with van der Waals surface area (Å²) in [5.74, 6) is -0.0498. The number of urea groups is 1. The Morgan fingerprint density at radius 2 is 1.52 bits per heavy atom. The SMILES string of the molecule is CCOc1cc(/C=C2\C(=O)NC(=O)N(c3ccc(OCc4ccccc4)cc3)C2=O)cc(Br)c1OCc1cccc2ccccc12. The summed E-state index contributed by atoms with van der Waals surface area (Å²) >= 11 is 3.58. The molecule has 0 atom stereocenters. The van der Waals surface area contributed by atoms with Gasteiger partial charge in [-0.2, -0.15) is 0 Å². The fourth-order valence-corrected chi connectivity index (χ4v) is 5.71. The summed E-state index contributed by atoms with van der Waals surface area (Å²) in [5, 5.41) is 4.48. The lowest BCUT2D eigenvalue weighted by Gasteiger charge is -2.26. The van der Waals surface area contributed by atoms with Gasteiger partial charge in [-0.25, -0.2) is 9.69 Å². The third-order valence-electron chi connectivity index (χ3n) is 7.34. The molecule has 1 aliphatic heterocycles. The van der Waals surface area contributed by atoms with Gasteiger partial charge in [0.2, 0.25) is 0 Å². The fourth-order valence-electron chi connectivity index (χ4n) is 5.13. The van der Waals surface area contributed by atoms with Gasteiger partial charge in [0.1, 0.15) is 24.5 Å². The number of hydrogen-bond donors (Lipinski definition) is 1. The smallest absolute Gasteiger partial charge is 0.335 e. The monoisotopic (exact) mass is 676 g/mol. The van der Waals surface area contributed by atoms with Crippen molar-refractivity contribution in [1.82, 2.24) is 5.32 Å². The van der Waals surface area contributed by atoms with E-state index in [4.69, 9.17) is 14.2 Å². The quantitative estimate of drug-likeness (QED) is 0.120. The van der Waals surface area contributed by atoms with Crippen molar-refractivity contribution in [2.75, 3.05) is 11.5 Å². The topological polar surface area (TPSA) is 94.2 Å². The van der Waals surface area contributed by atoms with Crippen molar-refractivity contribution >= 4 is 56.3 Å². The van der Waals surface area contributed by atoms with E-state index in [2.05, 4.69) is 39.4 Å². The van der Waals surface area contributed by atoms with Crippen LogP contribution >= 0.6 is 15.9 Å². The molecule has 0 aliphatic carbocycles. The van der Waals surface area contributed by atoms with Crippen molar-refractivity contribution in [1.29, 1.82) is 0 Å². The number of barbiturate groups is 1. The summed E-state index contributed by atoms with van der Waals surface area (Å²) in [4.78, 5) is 40.1. The molecule has 4 amide bonds. The lowest BCUT2D eigenvalue weighted by molar-refractivity contribution is -0.122. The van der Waals surface area contributed by atoms with Gasteiger partial charge in [-0.3, -0.25) is 14.9 Å². The van der Waals surface area contributed by atoms with Crippen LogP contribution in [-0.2, 0) is 22.8 Å². The van der Waals surface area contributed by atoms with Crippen molar-refractivity contribution in [2.45, 2.75) is 20.1 Å². The third-order valence-corrected chi connectivity index (χ3v) is 7.93. The first kappa shape index (κ1) is 30.6. The molecule has 0 bridgehead atoms. The van der Waals surface area contributed by atoms with Crippen molar-refractivity contribution in [2.24, 2.45) is 0 Å². The van der Waals surface area contributed by atoms with Crippen molar-refractivity contribution in [3.8, 4) is 17.2 Å². The Morgan fingerprint density at radius 1 is 0.783 bits per heavy atom. The number of anilines is 1.